The molecule has 3 heterocycles. The Bertz CT molecular complexity index is 602. The number of carboxylic acid groups (broad SMARTS) is 1. The highest BCUT2D eigenvalue weighted by atomic mass is 32.1. The second-order valence-electron chi connectivity index (χ2n) is 4.61. The van der Waals surface area contributed by atoms with Crippen molar-refractivity contribution in [3.63, 3.8) is 0 Å². The molecule has 1 fully saturated rings. The summed E-state index contributed by atoms with van der Waals surface area (Å²) < 4.78 is 2.19. The van der Waals surface area contributed by atoms with Gasteiger partial charge in [0.25, 0.3) is 5.91 Å². The fourth-order valence-corrected chi connectivity index (χ4v) is 4.51. The second kappa shape index (κ2) is 4.94. The molecule has 0 bridgehead atoms. The summed E-state index contributed by atoms with van der Waals surface area (Å²) in [7, 11) is 0. The SMILES string of the molecule is O=C(O)[C@H]1CCCCN1C(=O)c1cc2sccc2s1. The number of carboxylic acids is 1. The number of rotatable bonds is 2. The van der Waals surface area contributed by atoms with E-state index in [2.05, 4.69) is 0 Å². The standard InChI is InChI=1S/C13H13NO3S2/c15-12(11-7-10-9(19-11)4-6-18-10)14-5-2-1-3-8(14)13(16)17/h4,6-8H,1-3,5H2,(H,16,17)/t8-/m1/s1. The van der Waals surface area contributed by atoms with E-state index in [1.165, 1.54) is 16.2 Å². The quantitative estimate of drug-likeness (QED) is 0.926. The molecule has 100 valence electrons. The predicted octanol–water partition coefficient (Wildman–Crippen LogP) is 3.04. The highest BCUT2D eigenvalue weighted by Gasteiger charge is 2.33. The van der Waals surface area contributed by atoms with Gasteiger partial charge in [-0.3, -0.25) is 4.79 Å². The number of fused-ring (bicyclic) bond motifs is 1. The van der Waals surface area contributed by atoms with E-state index in [0.717, 1.165) is 22.2 Å². The molecule has 4 nitrogen and oxygen atoms in total. The average Bonchev–Trinajstić information content (AvgIpc) is 2.98. The summed E-state index contributed by atoms with van der Waals surface area (Å²) in [6.07, 6.45) is 2.32. The summed E-state index contributed by atoms with van der Waals surface area (Å²) in [5.74, 6) is -1.04. The van der Waals surface area contributed by atoms with Crippen LogP contribution >= 0.6 is 22.7 Å². The zero-order valence-electron chi connectivity index (χ0n) is 10.2. The van der Waals surface area contributed by atoms with Crippen LogP contribution in [0.3, 0.4) is 0 Å². The number of nitrogens with zero attached hydrogens (tertiary/aromatic N) is 1. The number of carbonyl (C=O) groups excluding carboxylic acids is 1. The number of hydrogen-bond donors (Lipinski definition) is 1. The lowest BCUT2D eigenvalue weighted by Crippen LogP contribution is -2.47. The van der Waals surface area contributed by atoms with Crippen LogP contribution in [0.2, 0.25) is 0 Å². The number of likely N-dealkylation sites (tertiary alicyclic amines) is 1. The van der Waals surface area contributed by atoms with Gasteiger partial charge in [-0.25, -0.2) is 4.79 Å². The second-order valence-corrected chi connectivity index (χ2v) is 6.64. The minimum atomic E-state index is -0.897. The fourth-order valence-electron chi connectivity index (χ4n) is 2.44. The first-order valence-corrected chi connectivity index (χ1v) is 7.87. The molecule has 2 aromatic heterocycles. The van der Waals surface area contributed by atoms with Crippen molar-refractivity contribution in [1.29, 1.82) is 0 Å². The van der Waals surface area contributed by atoms with Crippen LogP contribution < -0.4 is 0 Å². The van der Waals surface area contributed by atoms with Crippen molar-refractivity contribution in [2.24, 2.45) is 0 Å². The maximum atomic E-state index is 12.5. The van der Waals surface area contributed by atoms with Crippen molar-refractivity contribution >= 4 is 43.9 Å². The van der Waals surface area contributed by atoms with Gasteiger partial charge in [-0.1, -0.05) is 0 Å². The molecule has 19 heavy (non-hydrogen) atoms. The van der Waals surface area contributed by atoms with Crippen molar-refractivity contribution in [3.8, 4) is 0 Å². The number of carbonyl (C=O) groups is 2. The first-order chi connectivity index (χ1) is 9.16. The van der Waals surface area contributed by atoms with E-state index in [9.17, 15) is 14.7 Å². The average molecular weight is 295 g/mol. The topological polar surface area (TPSA) is 57.6 Å². The van der Waals surface area contributed by atoms with Gasteiger partial charge >= 0.3 is 5.97 Å². The van der Waals surface area contributed by atoms with Crippen molar-refractivity contribution in [2.45, 2.75) is 25.3 Å². The molecule has 0 aromatic carbocycles. The molecule has 1 amide bonds. The predicted molar refractivity (Wildman–Crippen MR) is 76.0 cm³/mol. The minimum Gasteiger partial charge on any atom is -0.480 e. The van der Waals surface area contributed by atoms with E-state index in [0.29, 0.717) is 17.8 Å². The summed E-state index contributed by atoms with van der Waals surface area (Å²) in [4.78, 5) is 25.9. The Hall–Kier alpha value is -1.40. The number of piperidine rings is 1. The Morgan fingerprint density at radius 2 is 2.16 bits per heavy atom. The van der Waals surface area contributed by atoms with Crippen LogP contribution in [-0.4, -0.2) is 34.5 Å². The van der Waals surface area contributed by atoms with Gasteiger partial charge in [-0.05, 0) is 36.8 Å². The van der Waals surface area contributed by atoms with Crippen LogP contribution in [0.15, 0.2) is 17.5 Å². The van der Waals surface area contributed by atoms with Crippen molar-refractivity contribution in [3.05, 3.63) is 22.4 Å². The Balaban J connectivity index is 1.89. The van der Waals surface area contributed by atoms with Crippen LogP contribution in [0.5, 0.6) is 0 Å². The van der Waals surface area contributed by atoms with Crippen LogP contribution in [0.4, 0.5) is 0 Å². The Morgan fingerprint density at radius 1 is 1.32 bits per heavy atom. The molecule has 3 rings (SSSR count). The molecule has 0 unspecified atom stereocenters. The fraction of sp³-hybridized carbons (Fsp3) is 0.385. The smallest absolute Gasteiger partial charge is 0.326 e. The van der Waals surface area contributed by atoms with Crippen LogP contribution in [0.25, 0.3) is 9.40 Å². The molecule has 1 aliphatic rings. The van der Waals surface area contributed by atoms with Gasteiger partial charge in [-0.2, -0.15) is 0 Å². The monoisotopic (exact) mass is 295 g/mol. The summed E-state index contributed by atoms with van der Waals surface area (Å²) in [5, 5.41) is 11.2. The van der Waals surface area contributed by atoms with Gasteiger partial charge in [-0.15, -0.1) is 22.7 Å². The van der Waals surface area contributed by atoms with Crippen molar-refractivity contribution in [2.75, 3.05) is 6.54 Å². The molecule has 1 atom stereocenters. The zero-order valence-corrected chi connectivity index (χ0v) is 11.8. The van der Waals surface area contributed by atoms with Crippen molar-refractivity contribution < 1.29 is 14.7 Å². The summed E-state index contributed by atoms with van der Waals surface area (Å²) >= 11 is 3.05. The number of aliphatic carboxylic acids is 1. The molecular formula is C13H13NO3S2. The molecule has 0 saturated carbocycles. The van der Waals surface area contributed by atoms with Gasteiger partial charge in [0.15, 0.2) is 0 Å². The van der Waals surface area contributed by atoms with Gasteiger partial charge in [0.1, 0.15) is 6.04 Å². The van der Waals surface area contributed by atoms with Crippen LogP contribution in [0.1, 0.15) is 28.9 Å². The molecule has 0 spiro atoms. The van der Waals surface area contributed by atoms with E-state index in [4.69, 9.17) is 0 Å². The highest BCUT2D eigenvalue weighted by Crippen LogP contribution is 2.31. The van der Waals surface area contributed by atoms with E-state index in [1.54, 1.807) is 11.3 Å². The van der Waals surface area contributed by atoms with Crippen LogP contribution in [0, 0.1) is 0 Å². The van der Waals surface area contributed by atoms with Crippen LogP contribution in [-0.2, 0) is 4.79 Å². The van der Waals surface area contributed by atoms with Crippen molar-refractivity contribution in [1.82, 2.24) is 4.90 Å². The lowest BCUT2D eigenvalue weighted by atomic mass is 10.0. The first-order valence-electron chi connectivity index (χ1n) is 6.17. The third-order valence-electron chi connectivity index (χ3n) is 3.40. The Kier molecular flexibility index (Phi) is 3.28. The maximum absolute atomic E-state index is 12.5. The summed E-state index contributed by atoms with van der Waals surface area (Å²) in [6, 6.07) is 3.20. The summed E-state index contributed by atoms with van der Waals surface area (Å²) in [5.41, 5.74) is 0. The molecule has 1 aliphatic heterocycles. The van der Waals surface area contributed by atoms with Gasteiger partial charge < -0.3 is 10.0 Å². The lowest BCUT2D eigenvalue weighted by molar-refractivity contribution is -0.143. The van der Waals surface area contributed by atoms with E-state index in [1.807, 2.05) is 17.5 Å². The third kappa shape index (κ3) is 2.26. The molecule has 1 N–H and O–H groups in total. The zero-order chi connectivity index (χ0) is 13.4. The molecule has 6 heteroatoms. The first kappa shape index (κ1) is 12.6. The number of amides is 1. The maximum Gasteiger partial charge on any atom is 0.326 e. The number of thiophene rings is 2. The lowest BCUT2D eigenvalue weighted by Gasteiger charge is -2.32. The molecule has 0 aliphatic carbocycles. The molecular weight excluding hydrogens is 282 g/mol. The minimum absolute atomic E-state index is 0.138. The van der Waals surface area contributed by atoms with E-state index >= 15 is 0 Å². The normalized spacial score (nSPS) is 19.8. The third-order valence-corrected chi connectivity index (χ3v) is 5.48. The largest absolute Gasteiger partial charge is 0.480 e. The van der Waals surface area contributed by atoms with E-state index in [-0.39, 0.29) is 5.91 Å². The van der Waals surface area contributed by atoms with Gasteiger partial charge in [0.05, 0.1) is 4.88 Å². The number of hydrogen-bond acceptors (Lipinski definition) is 4. The van der Waals surface area contributed by atoms with Gasteiger partial charge in [0.2, 0.25) is 0 Å². The molecule has 1 saturated heterocycles. The molecule has 2 aromatic rings. The Labute approximate surface area is 118 Å². The summed E-state index contributed by atoms with van der Waals surface area (Å²) in [6.45, 7) is 0.543. The highest BCUT2D eigenvalue weighted by molar-refractivity contribution is 7.27. The van der Waals surface area contributed by atoms with Gasteiger partial charge in [0, 0.05) is 15.9 Å². The van der Waals surface area contributed by atoms with E-state index < -0.39 is 12.0 Å². The Morgan fingerprint density at radius 3 is 2.89 bits per heavy atom. The molecule has 0 radical (unpaired) electrons.